The summed E-state index contributed by atoms with van der Waals surface area (Å²) in [6, 6.07) is 2.66. The van der Waals surface area contributed by atoms with E-state index >= 15 is 0 Å². The molecule has 20 heavy (non-hydrogen) atoms. The highest BCUT2D eigenvalue weighted by molar-refractivity contribution is 5.19. The highest BCUT2D eigenvalue weighted by atomic mass is 16.5. The van der Waals surface area contributed by atoms with E-state index in [-0.39, 0.29) is 0 Å². The molecule has 0 bridgehead atoms. The maximum atomic E-state index is 5.85. The highest BCUT2D eigenvalue weighted by Crippen LogP contribution is 2.18. The Morgan fingerprint density at radius 1 is 1.45 bits per heavy atom. The van der Waals surface area contributed by atoms with Gasteiger partial charge in [-0.1, -0.05) is 13.3 Å². The van der Waals surface area contributed by atoms with Gasteiger partial charge in [-0.3, -0.25) is 0 Å². The minimum absolute atomic E-state index is 0.570. The molecule has 1 aliphatic rings. The number of aryl methyl sites for hydroxylation is 1. The summed E-state index contributed by atoms with van der Waals surface area (Å²) in [6.45, 7) is 8.53. The summed E-state index contributed by atoms with van der Waals surface area (Å²) >= 11 is 0. The minimum Gasteiger partial charge on any atom is -0.462 e. The van der Waals surface area contributed by atoms with Gasteiger partial charge in [0.1, 0.15) is 18.1 Å². The third-order valence-corrected chi connectivity index (χ3v) is 4.08. The van der Waals surface area contributed by atoms with Gasteiger partial charge in [-0.2, -0.15) is 0 Å². The molecule has 1 aromatic rings. The fourth-order valence-electron chi connectivity index (χ4n) is 2.73. The van der Waals surface area contributed by atoms with Crippen LogP contribution in [0.3, 0.4) is 0 Å². The van der Waals surface area contributed by atoms with Crippen molar-refractivity contribution in [1.29, 1.82) is 0 Å². The molecule has 4 nitrogen and oxygen atoms in total. The molecule has 4 heteroatoms. The van der Waals surface area contributed by atoms with E-state index in [1.54, 1.807) is 0 Å². The van der Waals surface area contributed by atoms with E-state index in [2.05, 4.69) is 37.2 Å². The Kier molecular flexibility index (Phi) is 6.07. The molecule has 1 saturated heterocycles. The molecule has 2 rings (SSSR count). The molecular formula is C16H28N2O2. The Bertz CT molecular complexity index is 403. The lowest BCUT2D eigenvalue weighted by molar-refractivity contribution is 0.0370. The Labute approximate surface area is 122 Å². The quantitative estimate of drug-likeness (QED) is 0.833. The van der Waals surface area contributed by atoms with Crippen LogP contribution in [0.2, 0.25) is 0 Å². The third-order valence-electron chi connectivity index (χ3n) is 4.08. The molecule has 114 valence electrons. The van der Waals surface area contributed by atoms with Crippen LogP contribution < -0.4 is 5.32 Å². The number of nitrogens with zero attached hydrogens (tertiary/aromatic N) is 1. The number of ether oxygens (including phenoxy) is 1. The van der Waals surface area contributed by atoms with Crippen molar-refractivity contribution in [2.45, 2.75) is 52.3 Å². The standard InChI is InChI=1S/C16H28N2O2/c1-4-17-10-16-13(2)9-15(20-16)12-19-11-14-7-5-6-8-18(14)3/h9,14,17H,4-8,10-12H2,1-3H3. The largest absolute Gasteiger partial charge is 0.462 e. The zero-order valence-corrected chi connectivity index (χ0v) is 13.1. The Balaban J connectivity index is 1.76. The maximum Gasteiger partial charge on any atom is 0.130 e. The first-order chi connectivity index (χ1) is 9.70. The minimum atomic E-state index is 0.570. The van der Waals surface area contributed by atoms with E-state index in [0.717, 1.165) is 31.2 Å². The first-order valence-corrected chi connectivity index (χ1v) is 7.77. The van der Waals surface area contributed by atoms with E-state index in [9.17, 15) is 0 Å². The lowest BCUT2D eigenvalue weighted by Crippen LogP contribution is -2.39. The van der Waals surface area contributed by atoms with E-state index in [0.29, 0.717) is 12.6 Å². The SMILES string of the molecule is CCNCc1oc(COCC2CCCCN2C)cc1C. The highest BCUT2D eigenvalue weighted by Gasteiger charge is 2.19. The van der Waals surface area contributed by atoms with Crippen LogP contribution in [0.1, 0.15) is 43.3 Å². The second kappa shape index (κ2) is 7.81. The van der Waals surface area contributed by atoms with Crippen molar-refractivity contribution < 1.29 is 9.15 Å². The number of piperidine rings is 1. The topological polar surface area (TPSA) is 37.6 Å². The van der Waals surface area contributed by atoms with Gasteiger partial charge < -0.3 is 19.4 Å². The van der Waals surface area contributed by atoms with E-state index < -0.39 is 0 Å². The molecule has 2 heterocycles. The molecule has 0 saturated carbocycles. The zero-order valence-electron chi connectivity index (χ0n) is 13.1. The van der Waals surface area contributed by atoms with Crippen LogP contribution in [0, 0.1) is 6.92 Å². The van der Waals surface area contributed by atoms with Gasteiger partial charge in [-0.15, -0.1) is 0 Å². The first kappa shape index (κ1) is 15.5. The molecule has 0 aliphatic carbocycles. The summed E-state index contributed by atoms with van der Waals surface area (Å²) in [7, 11) is 2.19. The number of likely N-dealkylation sites (tertiary alicyclic amines) is 1. The number of furan rings is 1. The third kappa shape index (κ3) is 4.33. The average Bonchev–Trinajstić information content (AvgIpc) is 2.79. The molecule has 1 aromatic heterocycles. The van der Waals surface area contributed by atoms with Gasteiger partial charge >= 0.3 is 0 Å². The maximum absolute atomic E-state index is 5.85. The van der Waals surface area contributed by atoms with Crippen molar-refractivity contribution in [2.24, 2.45) is 0 Å². The van der Waals surface area contributed by atoms with Crippen molar-refractivity contribution in [2.75, 3.05) is 26.7 Å². The van der Waals surface area contributed by atoms with Gasteiger partial charge in [0.15, 0.2) is 0 Å². The molecule has 1 atom stereocenters. The molecule has 1 aliphatic heterocycles. The lowest BCUT2D eigenvalue weighted by Gasteiger charge is -2.32. The second-order valence-electron chi connectivity index (χ2n) is 5.74. The van der Waals surface area contributed by atoms with Gasteiger partial charge in [-0.25, -0.2) is 0 Å². The fraction of sp³-hybridized carbons (Fsp3) is 0.750. The van der Waals surface area contributed by atoms with Crippen molar-refractivity contribution in [3.05, 3.63) is 23.2 Å². The predicted octanol–water partition coefficient (Wildman–Crippen LogP) is 2.70. The Morgan fingerprint density at radius 2 is 2.30 bits per heavy atom. The van der Waals surface area contributed by atoms with Crippen LogP contribution in [0.15, 0.2) is 10.5 Å². The van der Waals surface area contributed by atoms with Crippen LogP contribution in [0.25, 0.3) is 0 Å². The molecule has 0 amide bonds. The summed E-state index contributed by atoms with van der Waals surface area (Å²) in [5.41, 5.74) is 1.21. The Hall–Kier alpha value is -0.840. The summed E-state index contributed by atoms with van der Waals surface area (Å²) in [6.07, 6.45) is 3.89. The zero-order chi connectivity index (χ0) is 14.4. The monoisotopic (exact) mass is 280 g/mol. The number of hydrogen-bond donors (Lipinski definition) is 1. The molecule has 0 aromatic carbocycles. The summed E-state index contributed by atoms with van der Waals surface area (Å²) in [5, 5.41) is 3.29. The van der Waals surface area contributed by atoms with Crippen LogP contribution in [0.5, 0.6) is 0 Å². The number of nitrogens with one attached hydrogen (secondary N) is 1. The van der Waals surface area contributed by atoms with Gasteiger partial charge in [0.2, 0.25) is 0 Å². The van der Waals surface area contributed by atoms with Crippen molar-refractivity contribution in [3.8, 4) is 0 Å². The van der Waals surface area contributed by atoms with Crippen LogP contribution in [0.4, 0.5) is 0 Å². The van der Waals surface area contributed by atoms with Crippen LogP contribution in [-0.4, -0.2) is 37.7 Å². The molecule has 0 spiro atoms. The van der Waals surface area contributed by atoms with Crippen molar-refractivity contribution >= 4 is 0 Å². The van der Waals surface area contributed by atoms with Gasteiger partial charge in [0, 0.05) is 6.04 Å². The first-order valence-electron chi connectivity index (χ1n) is 7.77. The average molecular weight is 280 g/mol. The normalized spacial score (nSPS) is 20.4. The van der Waals surface area contributed by atoms with Gasteiger partial charge in [0.05, 0.1) is 13.2 Å². The van der Waals surface area contributed by atoms with E-state index in [4.69, 9.17) is 9.15 Å². The number of likely N-dealkylation sites (N-methyl/N-ethyl adjacent to an activating group) is 1. The molecule has 1 unspecified atom stereocenters. The molecule has 1 fully saturated rings. The van der Waals surface area contributed by atoms with Crippen LogP contribution in [-0.2, 0) is 17.9 Å². The van der Waals surface area contributed by atoms with E-state index in [1.807, 2.05) is 0 Å². The Morgan fingerprint density at radius 3 is 3.05 bits per heavy atom. The summed E-state index contributed by atoms with van der Waals surface area (Å²) in [4.78, 5) is 2.41. The van der Waals surface area contributed by atoms with Crippen molar-refractivity contribution in [1.82, 2.24) is 10.2 Å². The number of hydrogen-bond acceptors (Lipinski definition) is 4. The summed E-state index contributed by atoms with van der Waals surface area (Å²) < 4.78 is 11.7. The summed E-state index contributed by atoms with van der Waals surface area (Å²) in [5.74, 6) is 1.97. The molecule has 1 N–H and O–H groups in total. The van der Waals surface area contributed by atoms with Crippen molar-refractivity contribution in [3.63, 3.8) is 0 Å². The molecule has 0 radical (unpaired) electrons. The molecular weight excluding hydrogens is 252 g/mol. The number of rotatable bonds is 7. The van der Waals surface area contributed by atoms with Gasteiger partial charge in [-0.05, 0) is 51.5 Å². The second-order valence-corrected chi connectivity index (χ2v) is 5.74. The van der Waals surface area contributed by atoms with Crippen LogP contribution >= 0.6 is 0 Å². The fourth-order valence-corrected chi connectivity index (χ4v) is 2.73. The predicted molar refractivity (Wildman–Crippen MR) is 80.8 cm³/mol. The van der Waals surface area contributed by atoms with Gasteiger partial charge in [0.25, 0.3) is 0 Å². The lowest BCUT2D eigenvalue weighted by atomic mass is 10.0. The van der Waals surface area contributed by atoms with E-state index in [1.165, 1.54) is 31.4 Å². The smallest absolute Gasteiger partial charge is 0.130 e.